The molecule has 21 heavy (non-hydrogen) atoms. The van der Waals surface area contributed by atoms with Crippen molar-refractivity contribution in [3.8, 4) is 0 Å². The van der Waals surface area contributed by atoms with E-state index in [0.29, 0.717) is 12.1 Å². The summed E-state index contributed by atoms with van der Waals surface area (Å²) in [6.45, 7) is 10.1. The van der Waals surface area contributed by atoms with E-state index in [1.807, 2.05) is 32.4 Å². The van der Waals surface area contributed by atoms with Crippen LogP contribution in [0.5, 0.6) is 0 Å². The molecular weight excluding hydrogens is 266 g/mol. The van der Waals surface area contributed by atoms with E-state index in [9.17, 15) is 4.79 Å². The first-order valence-electron chi connectivity index (χ1n) is 7.34. The number of nitrogens with one attached hydrogen (secondary N) is 1. The number of hydrogen-bond donors (Lipinski definition) is 1. The normalized spacial score (nSPS) is 10.9. The first kappa shape index (κ1) is 15.3. The van der Waals surface area contributed by atoms with Crippen molar-refractivity contribution >= 4 is 5.91 Å². The third-order valence-corrected chi connectivity index (χ3v) is 3.45. The Balaban J connectivity index is 1.81. The molecule has 2 heterocycles. The summed E-state index contributed by atoms with van der Waals surface area (Å²) in [4.78, 5) is 12.1. The Bertz CT molecular complexity index is 626. The topological polar surface area (TPSA) is 64.7 Å². The highest BCUT2D eigenvalue weighted by atomic mass is 16.1. The van der Waals surface area contributed by atoms with Gasteiger partial charge >= 0.3 is 0 Å². The summed E-state index contributed by atoms with van der Waals surface area (Å²) in [5.41, 5.74) is 3.61. The van der Waals surface area contributed by atoms with Crippen LogP contribution in [-0.4, -0.2) is 32.0 Å². The molecule has 0 spiro atoms. The number of rotatable bonds is 6. The Kier molecular flexibility index (Phi) is 4.77. The molecule has 0 aliphatic carbocycles. The fraction of sp³-hybridized carbons (Fsp3) is 0.533. The Labute approximate surface area is 125 Å². The van der Waals surface area contributed by atoms with Crippen LogP contribution in [0.15, 0.2) is 12.3 Å². The van der Waals surface area contributed by atoms with Crippen LogP contribution in [0.2, 0.25) is 0 Å². The number of hydrogen-bond acceptors (Lipinski definition) is 3. The Morgan fingerprint density at radius 2 is 2.05 bits per heavy atom. The predicted molar refractivity (Wildman–Crippen MR) is 81.3 cm³/mol. The van der Waals surface area contributed by atoms with E-state index < -0.39 is 0 Å². The molecule has 6 nitrogen and oxygen atoms in total. The van der Waals surface area contributed by atoms with Crippen LogP contribution in [0.3, 0.4) is 0 Å². The average molecular weight is 289 g/mol. The van der Waals surface area contributed by atoms with Crippen LogP contribution in [0.25, 0.3) is 0 Å². The van der Waals surface area contributed by atoms with Gasteiger partial charge in [0.1, 0.15) is 0 Å². The highest BCUT2D eigenvalue weighted by Gasteiger charge is 2.12. The summed E-state index contributed by atoms with van der Waals surface area (Å²) in [6.07, 6.45) is 2.65. The lowest BCUT2D eigenvalue weighted by molar-refractivity contribution is 0.0952. The largest absolute Gasteiger partial charge is 0.352 e. The third-order valence-electron chi connectivity index (χ3n) is 3.45. The van der Waals surface area contributed by atoms with Crippen LogP contribution in [0.4, 0.5) is 0 Å². The molecule has 0 aliphatic rings. The molecule has 0 saturated carbocycles. The molecule has 0 unspecified atom stereocenters. The molecular formula is C15H23N5O. The standard InChI is InChI=1S/C15H23N5O/c1-5-19-10-14(13(4)18-19)15(21)16-7-6-8-20-12(3)9-11(2)17-20/h9-10H,5-8H2,1-4H3,(H,16,21). The number of nitrogens with zero attached hydrogens (tertiary/aromatic N) is 4. The Hall–Kier alpha value is -2.11. The highest BCUT2D eigenvalue weighted by molar-refractivity contribution is 5.94. The molecule has 6 heteroatoms. The Morgan fingerprint density at radius 3 is 2.62 bits per heavy atom. The maximum atomic E-state index is 12.1. The maximum Gasteiger partial charge on any atom is 0.254 e. The molecule has 1 N–H and O–H groups in total. The van der Waals surface area contributed by atoms with Gasteiger partial charge in [-0.25, -0.2) is 0 Å². The SMILES string of the molecule is CCn1cc(C(=O)NCCCn2nc(C)cc2C)c(C)n1. The minimum Gasteiger partial charge on any atom is -0.352 e. The molecule has 114 valence electrons. The van der Waals surface area contributed by atoms with Gasteiger partial charge in [0, 0.05) is 31.5 Å². The van der Waals surface area contributed by atoms with Gasteiger partial charge in [-0.2, -0.15) is 10.2 Å². The van der Waals surface area contributed by atoms with Crippen molar-refractivity contribution in [2.24, 2.45) is 0 Å². The van der Waals surface area contributed by atoms with Crippen molar-refractivity contribution in [1.82, 2.24) is 24.9 Å². The predicted octanol–water partition coefficient (Wildman–Crippen LogP) is 1.84. The zero-order chi connectivity index (χ0) is 15.4. The van der Waals surface area contributed by atoms with Gasteiger partial charge in [-0.05, 0) is 40.2 Å². The number of aromatic nitrogens is 4. The molecule has 0 radical (unpaired) electrons. The zero-order valence-electron chi connectivity index (χ0n) is 13.2. The van der Waals surface area contributed by atoms with Gasteiger partial charge in [0.05, 0.1) is 17.0 Å². The van der Waals surface area contributed by atoms with Crippen molar-refractivity contribution in [2.45, 2.75) is 47.2 Å². The van der Waals surface area contributed by atoms with Crippen LogP contribution < -0.4 is 5.32 Å². The average Bonchev–Trinajstić information content (AvgIpc) is 2.97. The van der Waals surface area contributed by atoms with E-state index in [1.54, 1.807) is 10.9 Å². The molecule has 1 amide bonds. The molecule has 2 aromatic rings. The van der Waals surface area contributed by atoms with Crippen molar-refractivity contribution in [3.63, 3.8) is 0 Å². The van der Waals surface area contributed by atoms with Crippen LogP contribution >= 0.6 is 0 Å². The number of carbonyl (C=O) groups excluding carboxylic acids is 1. The zero-order valence-corrected chi connectivity index (χ0v) is 13.2. The molecule has 2 rings (SSSR count). The number of aryl methyl sites for hydroxylation is 5. The second-order valence-electron chi connectivity index (χ2n) is 5.24. The van der Waals surface area contributed by atoms with Gasteiger partial charge in [-0.1, -0.05) is 0 Å². The summed E-state index contributed by atoms with van der Waals surface area (Å²) in [5.74, 6) is -0.0550. The molecule has 0 bridgehead atoms. The molecule has 0 aromatic carbocycles. The van der Waals surface area contributed by atoms with Gasteiger partial charge in [0.2, 0.25) is 0 Å². The van der Waals surface area contributed by atoms with Crippen LogP contribution in [-0.2, 0) is 13.1 Å². The molecule has 2 aromatic heterocycles. The van der Waals surface area contributed by atoms with Gasteiger partial charge < -0.3 is 5.32 Å². The lowest BCUT2D eigenvalue weighted by Crippen LogP contribution is -2.25. The fourth-order valence-electron chi connectivity index (χ4n) is 2.33. The summed E-state index contributed by atoms with van der Waals surface area (Å²) >= 11 is 0. The molecule has 0 aliphatic heterocycles. The van der Waals surface area contributed by atoms with Crippen LogP contribution in [0.1, 0.15) is 40.8 Å². The van der Waals surface area contributed by atoms with E-state index in [0.717, 1.165) is 36.6 Å². The minimum absolute atomic E-state index is 0.0550. The molecule has 0 fully saturated rings. The summed E-state index contributed by atoms with van der Waals surface area (Å²) < 4.78 is 3.75. The highest BCUT2D eigenvalue weighted by Crippen LogP contribution is 2.06. The van der Waals surface area contributed by atoms with E-state index in [4.69, 9.17) is 0 Å². The Morgan fingerprint density at radius 1 is 1.29 bits per heavy atom. The second kappa shape index (κ2) is 6.56. The van der Waals surface area contributed by atoms with Crippen LogP contribution in [0, 0.1) is 20.8 Å². The second-order valence-corrected chi connectivity index (χ2v) is 5.24. The van der Waals surface area contributed by atoms with Crippen molar-refractivity contribution in [2.75, 3.05) is 6.54 Å². The monoisotopic (exact) mass is 289 g/mol. The van der Waals surface area contributed by atoms with Gasteiger partial charge in [0.25, 0.3) is 5.91 Å². The summed E-state index contributed by atoms with van der Waals surface area (Å²) in [7, 11) is 0. The fourth-order valence-corrected chi connectivity index (χ4v) is 2.33. The van der Waals surface area contributed by atoms with E-state index >= 15 is 0 Å². The van der Waals surface area contributed by atoms with E-state index in [1.165, 1.54) is 0 Å². The van der Waals surface area contributed by atoms with Crippen molar-refractivity contribution < 1.29 is 4.79 Å². The first-order valence-corrected chi connectivity index (χ1v) is 7.34. The van der Waals surface area contributed by atoms with Crippen molar-refractivity contribution in [3.05, 3.63) is 34.9 Å². The van der Waals surface area contributed by atoms with Gasteiger partial charge in [0.15, 0.2) is 0 Å². The van der Waals surface area contributed by atoms with E-state index in [2.05, 4.69) is 21.6 Å². The molecule has 0 atom stereocenters. The van der Waals surface area contributed by atoms with Crippen molar-refractivity contribution in [1.29, 1.82) is 0 Å². The van der Waals surface area contributed by atoms with E-state index in [-0.39, 0.29) is 5.91 Å². The third kappa shape index (κ3) is 3.71. The minimum atomic E-state index is -0.0550. The quantitative estimate of drug-likeness (QED) is 0.825. The smallest absolute Gasteiger partial charge is 0.254 e. The summed E-state index contributed by atoms with van der Waals surface area (Å²) in [5, 5.41) is 11.6. The van der Waals surface area contributed by atoms with Gasteiger partial charge in [-0.15, -0.1) is 0 Å². The van der Waals surface area contributed by atoms with Gasteiger partial charge in [-0.3, -0.25) is 14.2 Å². The first-order chi connectivity index (χ1) is 10.0. The number of carbonyl (C=O) groups is 1. The summed E-state index contributed by atoms with van der Waals surface area (Å²) in [6, 6.07) is 2.06. The molecule has 0 saturated heterocycles. The maximum absolute atomic E-state index is 12.1. The lowest BCUT2D eigenvalue weighted by Gasteiger charge is -2.06. The lowest BCUT2D eigenvalue weighted by atomic mass is 10.2. The number of amides is 1.